The van der Waals surface area contributed by atoms with Gasteiger partial charge in [-0.05, 0) is 37.5 Å². The van der Waals surface area contributed by atoms with Gasteiger partial charge in [-0.15, -0.1) is 11.3 Å². The number of nitrogens with one attached hydrogen (secondary N) is 1. The molecule has 1 aliphatic heterocycles. The molecule has 1 aliphatic rings. The quantitative estimate of drug-likeness (QED) is 0.897. The van der Waals surface area contributed by atoms with Crippen LogP contribution >= 0.6 is 11.3 Å². The minimum absolute atomic E-state index is 0.0348. The third-order valence-corrected chi connectivity index (χ3v) is 5.99. The Bertz CT molecular complexity index is 814. The maximum atomic E-state index is 12.0. The number of fused-ring (bicyclic) bond motifs is 1. The fourth-order valence-corrected chi connectivity index (χ4v) is 5.00. The maximum Gasteiger partial charge on any atom is 0.232 e. The summed E-state index contributed by atoms with van der Waals surface area (Å²) in [5, 5.41) is 6.25. The van der Waals surface area contributed by atoms with E-state index in [2.05, 4.69) is 23.3 Å². The van der Waals surface area contributed by atoms with Crippen LogP contribution in [0.4, 0.5) is 10.8 Å². The standard InChI is InChI=1S/C16H21N3O2S2/c1-4-7-17-16-18-14(10-22-16)12-5-6-15-13(9-12)8-11(2)19(15)23(3,20)21/h5-6,9-11H,4,7-8H2,1-3H3,(H,17,18)/t11-/m0/s1. The molecule has 1 N–H and O–H groups in total. The highest BCUT2D eigenvalue weighted by Crippen LogP contribution is 2.37. The summed E-state index contributed by atoms with van der Waals surface area (Å²) in [6.45, 7) is 4.98. The Morgan fingerprint density at radius 3 is 2.91 bits per heavy atom. The highest BCUT2D eigenvalue weighted by molar-refractivity contribution is 7.92. The molecule has 0 bridgehead atoms. The Morgan fingerprint density at radius 2 is 2.22 bits per heavy atom. The Balaban J connectivity index is 1.91. The molecule has 0 aliphatic carbocycles. The van der Waals surface area contributed by atoms with Gasteiger partial charge in [0.25, 0.3) is 0 Å². The van der Waals surface area contributed by atoms with E-state index in [0.717, 1.165) is 47.0 Å². The second kappa shape index (κ2) is 6.13. The number of hydrogen-bond donors (Lipinski definition) is 1. The third kappa shape index (κ3) is 3.21. The number of hydrogen-bond acceptors (Lipinski definition) is 5. The van der Waals surface area contributed by atoms with Crippen molar-refractivity contribution in [1.82, 2.24) is 4.98 Å². The van der Waals surface area contributed by atoms with Crippen molar-refractivity contribution in [3.63, 3.8) is 0 Å². The topological polar surface area (TPSA) is 62.3 Å². The van der Waals surface area contributed by atoms with Gasteiger partial charge >= 0.3 is 0 Å². The van der Waals surface area contributed by atoms with E-state index in [0.29, 0.717) is 0 Å². The molecule has 0 unspecified atom stereocenters. The van der Waals surface area contributed by atoms with Crippen LogP contribution in [0.15, 0.2) is 23.6 Å². The number of anilines is 2. The van der Waals surface area contributed by atoms with Crippen LogP contribution < -0.4 is 9.62 Å². The molecule has 0 spiro atoms. The van der Waals surface area contributed by atoms with Crippen molar-refractivity contribution in [2.75, 3.05) is 22.4 Å². The summed E-state index contributed by atoms with van der Waals surface area (Å²) in [5.74, 6) is 0. The van der Waals surface area contributed by atoms with Gasteiger partial charge in [-0.1, -0.05) is 13.0 Å². The summed E-state index contributed by atoms with van der Waals surface area (Å²) in [5.41, 5.74) is 3.83. The molecule has 1 aromatic carbocycles. The molecule has 23 heavy (non-hydrogen) atoms. The second-order valence-corrected chi connectivity index (χ2v) is 8.64. The van der Waals surface area contributed by atoms with Crippen LogP contribution in [0.25, 0.3) is 11.3 Å². The van der Waals surface area contributed by atoms with Gasteiger partial charge in [0.2, 0.25) is 10.0 Å². The average Bonchev–Trinajstić information content (AvgIpc) is 3.06. The zero-order chi connectivity index (χ0) is 16.6. The van der Waals surface area contributed by atoms with Gasteiger partial charge in [0.1, 0.15) is 0 Å². The molecular formula is C16H21N3O2S2. The molecule has 3 rings (SSSR count). The first kappa shape index (κ1) is 16.3. The predicted molar refractivity (Wildman–Crippen MR) is 96.8 cm³/mol. The minimum Gasteiger partial charge on any atom is -0.362 e. The molecule has 0 saturated heterocycles. The third-order valence-electron chi connectivity index (χ3n) is 3.92. The van der Waals surface area contributed by atoms with Gasteiger partial charge in [-0.3, -0.25) is 4.31 Å². The van der Waals surface area contributed by atoms with Gasteiger partial charge in [0.05, 0.1) is 17.6 Å². The van der Waals surface area contributed by atoms with Crippen molar-refractivity contribution in [2.24, 2.45) is 0 Å². The molecule has 0 amide bonds. The molecule has 124 valence electrons. The summed E-state index contributed by atoms with van der Waals surface area (Å²) >= 11 is 1.59. The summed E-state index contributed by atoms with van der Waals surface area (Å²) in [7, 11) is -3.24. The van der Waals surface area contributed by atoms with E-state index in [1.165, 1.54) is 10.6 Å². The number of aromatic nitrogens is 1. The SMILES string of the molecule is CCCNc1nc(-c2ccc3c(c2)C[C@H](C)N3S(C)(=O)=O)cs1. The van der Waals surface area contributed by atoms with Crippen LogP contribution in [-0.4, -0.2) is 32.2 Å². The lowest BCUT2D eigenvalue weighted by Crippen LogP contribution is -2.34. The second-order valence-electron chi connectivity index (χ2n) is 5.92. The zero-order valence-corrected chi connectivity index (χ0v) is 15.2. The van der Waals surface area contributed by atoms with E-state index in [4.69, 9.17) is 0 Å². The van der Waals surface area contributed by atoms with Crippen molar-refractivity contribution in [2.45, 2.75) is 32.7 Å². The van der Waals surface area contributed by atoms with Crippen molar-refractivity contribution in [3.8, 4) is 11.3 Å². The van der Waals surface area contributed by atoms with Crippen molar-refractivity contribution in [1.29, 1.82) is 0 Å². The van der Waals surface area contributed by atoms with Crippen LogP contribution in [0.2, 0.25) is 0 Å². The van der Waals surface area contributed by atoms with E-state index < -0.39 is 10.0 Å². The fraction of sp³-hybridized carbons (Fsp3) is 0.438. The summed E-state index contributed by atoms with van der Waals surface area (Å²) < 4.78 is 25.5. The monoisotopic (exact) mass is 351 g/mol. The van der Waals surface area contributed by atoms with Crippen LogP contribution in [0.5, 0.6) is 0 Å². The fourth-order valence-electron chi connectivity index (χ4n) is 2.99. The molecule has 0 radical (unpaired) electrons. The van der Waals surface area contributed by atoms with Gasteiger partial charge in [-0.25, -0.2) is 13.4 Å². The molecule has 1 atom stereocenters. The lowest BCUT2D eigenvalue weighted by Gasteiger charge is -2.21. The number of sulfonamides is 1. The van der Waals surface area contributed by atoms with Crippen molar-refractivity contribution < 1.29 is 8.42 Å². The van der Waals surface area contributed by atoms with E-state index in [9.17, 15) is 8.42 Å². The average molecular weight is 351 g/mol. The summed E-state index contributed by atoms with van der Waals surface area (Å²) in [6, 6.07) is 5.88. The molecule has 1 aromatic heterocycles. The predicted octanol–water partition coefficient (Wildman–Crippen LogP) is 3.34. The first-order chi connectivity index (χ1) is 10.9. The Hall–Kier alpha value is -1.60. The molecule has 2 aromatic rings. The van der Waals surface area contributed by atoms with Crippen molar-refractivity contribution >= 4 is 32.2 Å². The molecule has 0 fully saturated rings. The Kier molecular flexibility index (Phi) is 4.33. The summed E-state index contributed by atoms with van der Waals surface area (Å²) in [6.07, 6.45) is 3.06. The number of rotatable bonds is 5. The van der Waals surface area contributed by atoms with Gasteiger partial charge < -0.3 is 5.32 Å². The Labute approximate surface area is 141 Å². The van der Waals surface area contributed by atoms with E-state index >= 15 is 0 Å². The van der Waals surface area contributed by atoms with E-state index in [-0.39, 0.29) is 6.04 Å². The Morgan fingerprint density at radius 1 is 1.43 bits per heavy atom. The first-order valence-corrected chi connectivity index (χ1v) is 10.4. The first-order valence-electron chi connectivity index (χ1n) is 7.72. The lowest BCUT2D eigenvalue weighted by atomic mass is 10.1. The smallest absolute Gasteiger partial charge is 0.232 e. The molecule has 5 nitrogen and oxygen atoms in total. The lowest BCUT2D eigenvalue weighted by molar-refractivity contribution is 0.590. The minimum atomic E-state index is -3.24. The number of benzene rings is 1. The molecule has 2 heterocycles. The highest BCUT2D eigenvalue weighted by Gasteiger charge is 2.32. The van der Waals surface area contributed by atoms with Gasteiger partial charge in [-0.2, -0.15) is 0 Å². The van der Waals surface area contributed by atoms with Crippen LogP contribution in [0.3, 0.4) is 0 Å². The normalized spacial score (nSPS) is 17.3. The summed E-state index contributed by atoms with van der Waals surface area (Å²) in [4.78, 5) is 4.61. The zero-order valence-electron chi connectivity index (χ0n) is 13.5. The highest BCUT2D eigenvalue weighted by atomic mass is 32.2. The van der Waals surface area contributed by atoms with E-state index in [1.807, 2.05) is 24.4 Å². The van der Waals surface area contributed by atoms with Gasteiger partial charge in [0.15, 0.2) is 5.13 Å². The number of nitrogens with zero attached hydrogens (tertiary/aromatic N) is 2. The largest absolute Gasteiger partial charge is 0.362 e. The van der Waals surface area contributed by atoms with Crippen molar-refractivity contribution in [3.05, 3.63) is 29.1 Å². The maximum absolute atomic E-state index is 12.0. The molecule has 7 heteroatoms. The number of thiazole rings is 1. The van der Waals surface area contributed by atoms with Crippen LogP contribution in [0.1, 0.15) is 25.8 Å². The van der Waals surface area contributed by atoms with Gasteiger partial charge in [0, 0.05) is 23.5 Å². The van der Waals surface area contributed by atoms with E-state index in [1.54, 1.807) is 11.3 Å². The van der Waals surface area contributed by atoms with Crippen LogP contribution in [-0.2, 0) is 16.4 Å². The molecular weight excluding hydrogens is 330 g/mol. The van der Waals surface area contributed by atoms with Crippen LogP contribution in [0, 0.1) is 0 Å². The molecule has 0 saturated carbocycles.